The molecular weight excluding hydrogens is 1040 g/mol. The van der Waals surface area contributed by atoms with Crippen LogP contribution in [0.15, 0.2) is 12.5 Å². The number of aryl methyl sites for hydroxylation is 1. The summed E-state index contributed by atoms with van der Waals surface area (Å²) in [6.45, 7) is 8.00. The average molecular weight is 1140 g/mol. The van der Waals surface area contributed by atoms with E-state index in [1.165, 1.54) is 57.7 Å². The Morgan fingerprint density at radius 3 is 1.59 bits per heavy atom. The smallest absolute Gasteiger partial charge is 0.326 e. The normalized spacial score (nSPS) is 12.0. The number of amides is 4. The molecule has 0 aromatic carbocycles. The summed E-state index contributed by atoms with van der Waals surface area (Å²) in [6, 6.07) is -1.72. The van der Waals surface area contributed by atoms with E-state index in [4.69, 9.17) is 29.2 Å². The lowest BCUT2D eigenvalue weighted by molar-refractivity contribution is -0.142. The van der Waals surface area contributed by atoms with Crippen LogP contribution < -0.4 is 21.3 Å². The number of nitrogens with one attached hydrogen (secondary N) is 5. The summed E-state index contributed by atoms with van der Waals surface area (Å²) in [6.07, 6.45) is 22.7. The Morgan fingerprint density at radius 2 is 1.06 bits per heavy atom. The van der Waals surface area contributed by atoms with E-state index in [2.05, 4.69) is 31.2 Å². The molecule has 0 spiro atoms. The second-order valence-corrected chi connectivity index (χ2v) is 19.9. The highest BCUT2D eigenvalue weighted by molar-refractivity contribution is 5.96. The van der Waals surface area contributed by atoms with Crippen molar-refractivity contribution in [2.75, 3.05) is 65.9 Å². The fourth-order valence-corrected chi connectivity index (χ4v) is 8.07. The van der Waals surface area contributed by atoms with Crippen LogP contribution in [0, 0.1) is 5.92 Å². The minimum atomic E-state index is -1.23. The Balaban J connectivity index is 0.00000170. The third-order valence-electron chi connectivity index (χ3n) is 12.8. The van der Waals surface area contributed by atoms with Crippen molar-refractivity contribution in [3.63, 3.8) is 0 Å². The summed E-state index contributed by atoms with van der Waals surface area (Å²) in [5, 5.41) is 37.4. The molecule has 80 heavy (non-hydrogen) atoms. The molecule has 0 fully saturated rings. The molecular formula is C57H98N6O17. The lowest BCUT2D eigenvalue weighted by Gasteiger charge is -2.17. The van der Waals surface area contributed by atoms with Gasteiger partial charge in [0.1, 0.15) is 37.2 Å². The van der Waals surface area contributed by atoms with Crippen LogP contribution in [-0.2, 0) is 73.3 Å². The van der Waals surface area contributed by atoms with E-state index in [1.807, 2.05) is 6.92 Å². The van der Waals surface area contributed by atoms with Crippen molar-refractivity contribution in [2.24, 2.45) is 5.92 Å². The minimum absolute atomic E-state index is 0.00969. The molecule has 1 rings (SSSR count). The zero-order valence-electron chi connectivity index (χ0n) is 48.3. The monoisotopic (exact) mass is 1140 g/mol. The first-order valence-electron chi connectivity index (χ1n) is 29.1. The lowest BCUT2D eigenvalue weighted by atomic mass is 9.89. The number of carboxylic acid groups (broad SMARTS) is 3. The van der Waals surface area contributed by atoms with Gasteiger partial charge >= 0.3 is 17.9 Å². The van der Waals surface area contributed by atoms with Crippen LogP contribution in [0.3, 0.4) is 0 Å². The highest BCUT2D eigenvalue weighted by atomic mass is 16.5. The fourth-order valence-electron chi connectivity index (χ4n) is 8.07. The van der Waals surface area contributed by atoms with Gasteiger partial charge in [-0.15, -0.1) is 0 Å². The molecule has 23 nitrogen and oxygen atoms in total. The third kappa shape index (κ3) is 47.2. The van der Waals surface area contributed by atoms with Gasteiger partial charge in [-0.2, -0.15) is 0 Å². The number of imidazole rings is 1. The maximum absolute atomic E-state index is 12.6. The van der Waals surface area contributed by atoms with Crippen molar-refractivity contribution < 1.29 is 82.2 Å². The molecule has 1 heterocycles. The SMILES string of the molecule is CCC(=O)CC[C@H](NC(=O)CCCCCCCCCCCCCCCCC(=O)O)C(=O)O.CCCOCCOCC(=O)NCCOCCOCC(=O)NCCCC[C@H](CCC(=O)[C@H](C)NC(=O)CCc1cnc[nH]1)C(=O)CC(=O)O. The number of unbranched alkanes of at least 4 members (excludes halogenated alkanes) is 14. The van der Waals surface area contributed by atoms with Crippen molar-refractivity contribution in [1.82, 2.24) is 31.2 Å². The molecule has 3 atom stereocenters. The van der Waals surface area contributed by atoms with Gasteiger partial charge in [-0.05, 0) is 58.3 Å². The quantitative estimate of drug-likeness (QED) is 0.0259. The van der Waals surface area contributed by atoms with Crippen molar-refractivity contribution in [1.29, 1.82) is 0 Å². The van der Waals surface area contributed by atoms with Crippen LogP contribution in [0.5, 0.6) is 0 Å². The van der Waals surface area contributed by atoms with Crippen molar-refractivity contribution >= 4 is 58.9 Å². The molecule has 23 heteroatoms. The molecule has 1 aromatic heterocycles. The fraction of sp³-hybridized carbons (Fsp3) is 0.772. The molecule has 8 N–H and O–H groups in total. The Hall–Kier alpha value is -5.65. The first-order chi connectivity index (χ1) is 38.5. The largest absolute Gasteiger partial charge is 0.481 e. The van der Waals surface area contributed by atoms with Crippen molar-refractivity contribution in [3.8, 4) is 0 Å². The first kappa shape index (κ1) is 74.3. The zero-order valence-corrected chi connectivity index (χ0v) is 48.3. The van der Waals surface area contributed by atoms with Crippen LogP contribution in [0.25, 0.3) is 0 Å². The third-order valence-corrected chi connectivity index (χ3v) is 12.8. The number of ketones is 3. The molecule has 0 saturated carbocycles. The van der Waals surface area contributed by atoms with Crippen molar-refractivity contribution in [2.45, 2.75) is 213 Å². The Bertz CT molecular complexity index is 1870. The second-order valence-electron chi connectivity index (χ2n) is 19.9. The van der Waals surface area contributed by atoms with Gasteiger partial charge in [0.2, 0.25) is 23.6 Å². The van der Waals surface area contributed by atoms with Crippen molar-refractivity contribution in [3.05, 3.63) is 18.2 Å². The number of nitrogens with zero attached hydrogens (tertiary/aromatic N) is 1. The van der Waals surface area contributed by atoms with E-state index < -0.39 is 48.1 Å². The zero-order chi connectivity index (χ0) is 59.4. The van der Waals surface area contributed by atoms with E-state index in [0.717, 1.165) is 50.6 Å². The van der Waals surface area contributed by atoms with Gasteiger partial charge in [0.25, 0.3) is 0 Å². The molecule has 0 saturated heterocycles. The molecule has 0 aliphatic heterocycles. The van der Waals surface area contributed by atoms with Gasteiger partial charge in [-0.1, -0.05) is 97.3 Å². The van der Waals surface area contributed by atoms with E-state index in [0.29, 0.717) is 77.9 Å². The summed E-state index contributed by atoms with van der Waals surface area (Å²) in [5.41, 5.74) is 0.807. The lowest BCUT2D eigenvalue weighted by Crippen LogP contribution is -2.41. The van der Waals surface area contributed by atoms with Crippen LogP contribution in [0.1, 0.15) is 200 Å². The Morgan fingerprint density at radius 1 is 0.525 bits per heavy atom. The highest BCUT2D eigenvalue weighted by Gasteiger charge is 2.24. The molecule has 0 aliphatic rings. The number of ether oxygens (including phenoxy) is 4. The topological polar surface area (TPSA) is 345 Å². The number of hydrogen-bond acceptors (Lipinski definition) is 15. The molecule has 0 bridgehead atoms. The highest BCUT2D eigenvalue weighted by Crippen LogP contribution is 2.19. The molecule has 458 valence electrons. The summed E-state index contributed by atoms with van der Waals surface area (Å²) >= 11 is 0. The number of rotatable bonds is 54. The predicted octanol–water partition coefficient (Wildman–Crippen LogP) is 6.38. The summed E-state index contributed by atoms with van der Waals surface area (Å²) in [7, 11) is 0. The van der Waals surface area contributed by atoms with E-state index in [1.54, 1.807) is 20.0 Å². The van der Waals surface area contributed by atoms with Crippen LogP contribution in [-0.4, -0.2) is 162 Å². The number of carbonyl (C=O) groups excluding carboxylic acids is 7. The predicted molar refractivity (Wildman–Crippen MR) is 299 cm³/mol. The van der Waals surface area contributed by atoms with Crippen LogP contribution in [0.2, 0.25) is 0 Å². The number of hydrogen-bond donors (Lipinski definition) is 8. The maximum atomic E-state index is 12.6. The summed E-state index contributed by atoms with van der Waals surface area (Å²) < 4.78 is 21.1. The number of Topliss-reactive ketones (excluding diaryl/α,β-unsaturated/α-hetero) is 3. The number of aliphatic carboxylic acids is 3. The average Bonchev–Trinajstić information content (AvgIpc) is 3.95. The Kier molecular flexibility index (Phi) is 47.9. The van der Waals surface area contributed by atoms with Gasteiger partial charge in [0.05, 0.1) is 45.4 Å². The van der Waals surface area contributed by atoms with E-state index in [9.17, 15) is 53.1 Å². The molecule has 4 amide bonds. The number of carbonyl (C=O) groups is 10. The number of aromatic amines is 1. The molecule has 0 aliphatic carbocycles. The Labute approximate surface area is 473 Å². The van der Waals surface area contributed by atoms with E-state index >= 15 is 0 Å². The van der Waals surface area contributed by atoms with Gasteiger partial charge in [-0.3, -0.25) is 43.2 Å². The number of H-pyrrole nitrogens is 1. The van der Waals surface area contributed by atoms with Gasteiger partial charge < -0.3 is 60.5 Å². The summed E-state index contributed by atoms with van der Waals surface area (Å²) in [5.74, 6) is -5.41. The second kappa shape index (κ2) is 51.5. The maximum Gasteiger partial charge on any atom is 0.326 e. The standard InChI is InChI=1S/C32H53N5O11.C25H45NO6/c1-3-13-45-15-17-47-22-31(42)35-12-14-46-16-18-48-21-30(41)34-11-5-4-6-25(28(39)19-32(43)44)7-9-27(38)24(2)37-29(40)10-8-26-20-33-23-36-26;1-2-21(27)19-20-22(25(31)32)26-23(28)17-15-13-11-9-7-5-3-4-6-8-10-12-14-16-18-24(29)30/h20,23-25H,3-19,21-22H2,1-2H3,(H,33,36)(H,34,41)(H,35,42)(H,37,40)(H,43,44);22H,2-20H2,1H3,(H,26,28)(H,29,30)(H,31,32)/t24-,25+;22-/m00/s1. The first-order valence-corrected chi connectivity index (χ1v) is 29.1. The van der Waals surface area contributed by atoms with Crippen LogP contribution >= 0.6 is 0 Å². The molecule has 0 radical (unpaired) electrons. The van der Waals surface area contributed by atoms with E-state index in [-0.39, 0.29) is 100 Å². The minimum Gasteiger partial charge on any atom is -0.481 e. The van der Waals surface area contributed by atoms with Gasteiger partial charge in [0, 0.05) is 76.0 Å². The van der Waals surface area contributed by atoms with Crippen LogP contribution in [0.4, 0.5) is 0 Å². The molecule has 1 aromatic rings. The van der Waals surface area contributed by atoms with Gasteiger partial charge in [0.15, 0.2) is 5.78 Å². The summed E-state index contributed by atoms with van der Waals surface area (Å²) in [4.78, 5) is 124. The number of aromatic nitrogens is 2. The molecule has 0 unspecified atom stereocenters. The van der Waals surface area contributed by atoms with Gasteiger partial charge in [-0.25, -0.2) is 9.78 Å². The number of carboxylic acids is 3.